The summed E-state index contributed by atoms with van der Waals surface area (Å²) in [5.41, 5.74) is 0.780. The zero-order valence-corrected chi connectivity index (χ0v) is 8.53. The summed E-state index contributed by atoms with van der Waals surface area (Å²) >= 11 is 0. The standard InChI is InChI=1S/C10H11FN4/c1-15(2)6-12-10-8-5-7(11)3-4-9(8)13-14-10/h3-6H,1-2H3,(H,13,14)/b12-6-. The number of nitrogens with one attached hydrogen (secondary N) is 1. The molecule has 0 saturated heterocycles. The molecule has 0 fully saturated rings. The lowest BCUT2D eigenvalue weighted by Crippen LogP contribution is -2.06. The van der Waals surface area contributed by atoms with Crippen LogP contribution in [-0.2, 0) is 0 Å². The maximum Gasteiger partial charge on any atom is 0.183 e. The van der Waals surface area contributed by atoms with Crippen molar-refractivity contribution < 1.29 is 4.39 Å². The van der Waals surface area contributed by atoms with Crippen LogP contribution in [0.5, 0.6) is 0 Å². The fraction of sp³-hybridized carbons (Fsp3) is 0.200. The molecule has 2 aromatic rings. The molecule has 0 spiro atoms. The van der Waals surface area contributed by atoms with E-state index in [0.29, 0.717) is 11.2 Å². The van der Waals surface area contributed by atoms with E-state index >= 15 is 0 Å². The second-order valence-electron chi connectivity index (χ2n) is 3.45. The first-order chi connectivity index (χ1) is 7.16. The first-order valence-corrected chi connectivity index (χ1v) is 4.51. The molecule has 1 aromatic carbocycles. The van der Waals surface area contributed by atoms with Crippen LogP contribution in [0, 0.1) is 5.82 Å². The van der Waals surface area contributed by atoms with Crippen molar-refractivity contribution in [2.24, 2.45) is 4.99 Å². The molecule has 0 aliphatic heterocycles. The Hall–Kier alpha value is -1.91. The van der Waals surface area contributed by atoms with Gasteiger partial charge in [-0.3, -0.25) is 5.10 Å². The Bertz CT molecular complexity index is 501. The Morgan fingerprint density at radius 3 is 3.00 bits per heavy atom. The molecule has 0 amide bonds. The van der Waals surface area contributed by atoms with Gasteiger partial charge in [-0.15, -0.1) is 0 Å². The quantitative estimate of drug-likeness (QED) is 0.602. The van der Waals surface area contributed by atoms with Crippen molar-refractivity contribution in [3.63, 3.8) is 0 Å². The molecular weight excluding hydrogens is 195 g/mol. The molecule has 1 N–H and O–H groups in total. The number of hydrogen-bond acceptors (Lipinski definition) is 2. The predicted molar refractivity (Wildman–Crippen MR) is 57.9 cm³/mol. The largest absolute Gasteiger partial charge is 0.369 e. The molecule has 15 heavy (non-hydrogen) atoms. The summed E-state index contributed by atoms with van der Waals surface area (Å²) in [5, 5.41) is 7.47. The van der Waals surface area contributed by atoms with Crippen molar-refractivity contribution in [2.75, 3.05) is 14.1 Å². The van der Waals surface area contributed by atoms with Crippen LogP contribution in [0.25, 0.3) is 10.9 Å². The summed E-state index contributed by atoms with van der Waals surface area (Å²) in [6, 6.07) is 4.45. The van der Waals surface area contributed by atoms with Gasteiger partial charge in [0.1, 0.15) is 5.82 Å². The van der Waals surface area contributed by atoms with Gasteiger partial charge in [0.15, 0.2) is 5.82 Å². The number of rotatable bonds is 2. The topological polar surface area (TPSA) is 44.3 Å². The summed E-state index contributed by atoms with van der Waals surface area (Å²) in [7, 11) is 3.72. The van der Waals surface area contributed by atoms with E-state index in [9.17, 15) is 4.39 Å². The van der Waals surface area contributed by atoms with Gasteiger partial charge in [0.25, 0.3) is 0 Å². The molecule has 0 aliphatic rings. The molecule has 0 saturated carbocycles. The zero-order chi connectivity index (χ0) is 10.8. The summed E-state index contributed by atoms with van der Waals surface area (Å²) in [6.45, 7) is 0. The Balaban J connectivity index is 2.48. The maximum absolute atomic E-state index is 13.0. The number of aromatic amines is 1. The van der Waals surface area contributed by atoms with E-state index in [4.69, 9.17) is 0 Å². The van der Waals surface area contributed by atoms with Crippen molar-refractivity contribution >= 4 is 23.1 Å². The molecular formula is C10H11FN4. The number of halogens is 1. The van der Waals surface area contributed by atoms with Crippen LogP contribution >= 0.6 is 0 Å². The third-order valence-electron chi connectivity index (χ3n) is 1.92. The van der Waals surface area contributed by atoms with Crippen LogP contribution in [0.2, 0.25) is 0 Å². The van der Waals surface area contributed by atoms with Gasteiger partial charge in [0.05, 0.1) is 11.9 Å². The third kappa shape index (κ3) is 1.96. The van der Waals surface area contributed by atoms with Gasteiger partial charge in [0.2, 0.25) is 0 Å². The predicted octanol–water partition coefficient (Wildman–Crippen LogP) is 1.92. The van der Waals surface area contributed by atoms with E-state index < -0.39 is 0 Å². The monoisotopic (exact) mass is 206 g/mol. The molecule has 0 bridgehead atoms. The highest BCUT2D eigenvalue weighted by atomic mass is 19.1. The summed E-state index contributed by atoms with van der Waals surface area (Å²) < 4.78 is 13.0. The average molecular weight is 206 g/mol. The van der Waals surface area contributed by atoms with E-state index in [1.54, 1.807) is 17.3 Å². The highest BCUT2D eigenvalue weighted by molar-refractivity contribution is 5.89. The molecule has 1 heterocycles. The first kappa shape index (κ1) is 9.64. The van der Waals surface area contributed by atoms with Crippen molar-refractivity contribution in [2.45, 2.75) is 0 Å². The molecule has 5 heteroatoms. The van der Waals surface area contributed by atoms with Crippen molar-refractivity contribution in [1.82, 2.24) is 15.1 Å². The van der Waals surface area contributed by atoms with E-state index in [2.05, 4.69) is 15.2 Å². The summed E-state index contributed by atoms with van der Waals surface area (Å²) in [5.74, 6) is 0.211. The van der Waals surface area contributed by atoms with E-state index in [1.807, 2.05) is 14.1 Å². The second kappa shape index (κ2) is 3.68. The van der Waals surface area contributed by atoms with Crippen molar-refractivity contribution in [3.05, 3.63) is 24.0 Å². The lowest BCUT2D eigenvalue weighted by Gasteiger charge is -2.00. The molecule has 0 radical (unpaired) electrons. The zero-order valence-electron chi connectivity index (χ0n) is 8.53. The number of aliphatic imine (C=N–C) groups is 1. The van der Waals surface area contributed by atoms with Gasteiger partial charge in [0, 0.05) is 19.5 Å². The van der Waals surface area contributed by atoms with Crippen molar-refractivity contribution in [1.29, 1.82) is 0 Å². The van der Waals surface area contributed by atoms with E-state index in [1.165, 1.54) is 12.1 Å². The smallest absolute Gasteiger partial charge is 0.183 e. The minimum Gasteiger partial charge on any atom is -0.369 e. The maximum atomic E-state index is 13.0. The fourth-order valence-electron chi connectivity index (χ4n) is 1.24. The van der Waals surface area contributed by atoms with Crippen LogP contribution in [-0.4, -0.2) is 35.5 Å². The highest BCUT2D eigenvalue weighted by Gasteiger charge is 2.04. The van der Waals surface area contributed by atoms with Crippen LogP contribution in [0.15, 0.2) is 23.2 Å². The van der Waals surface area contributed by atoms with Crippen molar-refractivity contribution in [3.8, 4) is 0 Å². The van der Waals surface area contributed by atoms with Gasteiger partial charge in [-0.25, -0.2) is 9.38 Å². The van der Waals surface area contributed by atoms with Gasteiger partial charge in [-0.2, -0.15) is 5.10 Å². The lowest BCUT2D eigenvalue weighted by atomic mass is 10.2. The summed E-state index contributed by atoms with van der Waals surface area (Å²) in [6.07, 6.45) is 1.63. The van der Waals surface area contributed by atoms with E-state index in [-0.39, 0.29) is 5.82 Å². The Morgan fingerprint density at radius 1 is 1.47 bits per heavy atom. The molecule has 4 nitrogen and oxygen atoms in total. The Kier molecular flexibility index (Phi) is 2.37. The fourth-order valence-corrected chi connectivity index (χ4v) is 1.24. The Morgan fingerprint density at radius 2 is 2.27 bits per heavy atom. The Labute approximate surface area is 86.4 Å². The van der Waals surface area contributed by atoms with Crippen LogP contribution in [0.4, 0.5) is 10.2 Å². The molecule has 0 atom stereocenters. The van der Waals surface area contributed by atoms with Gasteiger partial charge in [-0.05, 0) is 18.2 Å². The highest BCUT2D eigenvalue weighted by Crippen LogP contribution is 2.23. The first-order valence-electron chi connectivity index (χ1n) is 4.51. The van der Waals surface area contributed by atoms with E-state index in [0.717, 1.165) is 5.52 Å². The van der Waals surface area contributed by atoms with Crippen LogP contribution in [0.3, 0.4) is 0 Å². The molecule has 2 rings (SSSR count). The van der Waals surface area contributed by atoms with Gasteiger partial charge < -0.3 is 4.90 Å². The number of nitrogens with zero attached hydrogens (tertiary/aromatic N) is 3. The third-order valence-corrected chi connectivity index (χ3v) is 1.92. The minimum atomic E-state index is -0.287. The molecule has 78 valence electrons. The molecule has 1 aromatic heterocycles. The van der Waals surface area contributed by atoms with Crippen LogP contribution < -0.4 is 0 Å². The van der Waals surface area contributed by atoms with Crippen LogP contribution in [0.1, 0.15) is 0 Å². The normalized spacial score (nSPS) is 11.4. The molecule has 0 unspecified atom stereocenters. The summed E-state index contributed by atoms with van der Waals surface area (Å²) in [4.78, 5) is 5.92. The average Bonchev–Trinajstić information content (AvgIpc) is 2.57. The van der Waals surface area contributed by atoms with Gasteiger partial charge >= 0.3 is 0 Å². The lowest BCUT2D eigenvalue weighted by molar-refractivity contribution is 0.629. The SMILES string of the molecule is CN(C)/C=N\c1n[nH]c2ccc(F)cc12. The number of hydrogen-bond donors (Lipinski definition) is 1. The number of H-pyrrole nitrogens is 1. The number of benzene rings is 1. The second-order valence-corrected chi connectivity index (χ2v) is 3.45. The molecule has 0 aliphatic carbocycles. The van der Waals surface area contributed by atoms with Gasteiger partial charge in [-0.1, -0.05) is 0 Å². The minimum absolute atomic E-state index is 0.287. The number of aromatic nitrogens is 2. The number of fused-ring (bicyclic) bond motifs is 1.